The number of hydrogen-bond donors (Lipinski definition) is 1. The van der Waals surface area contributed by atoms with Crippen LogP contribution in [0, 0.1) is 18.3 Å². The summed E-state index contributed by atoms with van der Waals surface area (Å²) in [5, 5.41) is 12.0. The third kappa shape index (κ3) is 3.47. The monoisotopic (exact) mass is 310 g/mol. The summed E-state index contributed by atoms with van der Waals surface area (Å²) in [6, 6.07) is 10.0. The lowest BCUT2D eigenvalue weighted by atomic mass is 10.1. The highest BCUT2D eigenvalue weighted by atomic mass is 35.5. The van der Waals surface area contributed by atoms with Crippen molar-refractivity contribution in [3.05, 3.63) is 58.1 Å². The van der Waals surface area contributed by atoms with E-state index in [-0.39, 0.29) is 10.7 Å². The number of hydrogen-bond acceptors (Lipinski definition) is 2. The van der Waals surface area contributed by atoms with Gasteiger partial charge in [-0.1, -0.05) is 17.7 Å². The molecular formula is C15H10ClF3N2. The zero-order valence-electron chi connectivity index (χ0n) is 10.9. The van der Waals surface area contributed by atoms with Crippen LogP contribution in [0.4, 0.5) is 24.5 Å². The average Bonchev–Trinajstić information content (AvgIpc) is 2.41. The van der Waals surface area contributed by atoms with Crippen molar-refractivity contribution in [1.82, 2.24) is 0 Å². The van der Waals surface area contributed by atoms with E-state index < -0.39 is 11.7 Å². The van der Waals surface area contributed by atoms with Gasteiger partial charge < -0.3 is 5.32 Å². The Hall–Kier alpha value is -2.19. The lowest BCUT2D eigenvalue weighted by Gasteiger charge is -2.13. The van der Waals surface area contributed by atoms with Crippen molar-refractivity contribution in [3.8, 4) is 6.07 Å². The number of halogens is 4. The van der Waals surface area contributed by atoms with E-state index in [9.17, 15) is 13.2 Å². The minimum Gasteiger partial charge on any atom is -0.353 e. The summed E-state index contributed by atoms with van der Waals surface area (Å²) < 4.78 is 38.1. The Morgan fingerprint density at radius 2 is 1.81 bits per heavy atom. The quantitative estimate of drug-likeness (QED) is 0.819. The summed E-state index contributed by atoms with van der Waals surface area (Å²) in [6.07, 6.45) is -4.45. The van der Waals surface area contributed by atoms with Crippen LogP contribution in [-0.2, 0) is 6.18 Å². The Morgan fingerprint density at radius 3 is 2.43 bits per heavy atom. The minimum absolute atomic E-state index is 0.104. The summed E-state index contributed by atoms with van der Waals surface area (Å²) in [4.78, 5) is 0. The number of alkyl halides is 3. The molecule has 0 aliphatic carbocycles. The van der Waals surface area contributed by atoms with Gasteiger partial charge in [0.2, 0.25) is 0 Å². The van der Waals surface area contributed by atoms with Gasteiger partial charge in [-0.2, -0.15) is 18.4 Å². The van der Waals surface area contributed by atoms with Gasteiger partial charge in [-0.15, -0.1) is 0 Å². The molecule has 0 radical (unpaired) electrons. The highest BCUT2D eigenvalue weighted by Gasteiger charge is 2.31. The van der Waals surface area contributed by atoms with Crippen molar-refractivity contribution in [2.45, 2.75) is 13.1 Å². The summed E-state index contributed by atoms with van der Waals surface area (Å²) >= 11 is 5.91. The van der Waals surface area contributed by atoms with Crippen molar-refractivity contribution in [2.75, 3.05) is 5.32 Å². The van der Waals surface area contributed by atoms with Crippen LogP contribution in [0.2, 0.25) is 5.02 Å². The Bertz CT molecular complexity index is 718. The van der Waals surface area contributed by atoms with Crippen LogP contribution in [0.15, 0.2) is 36.4 Å². The van der Waals surface area contributed by atoms with Gasteiger partial charge in [0.25, 0.3) is 0 Å². The van der Waals surface area contributed by atoms with Crippen LogP contribution in [0.3, 0.4) is 0 Å². The second-order valence-corrected chi connectivity index (χ2v) is 4.89. The zero-order valence-corrected chi connectivity index (χ0v) is 11.7. The number of nitrogens with one attached hydrogen (secondary N) is 1. The maximum absolute atomic E-state index is 12.7. The fourth-order valence-corrected chi connectivity index (χ4v) is 1.97. The molecule has 0 saturated heterocycles. The first kappa shape index (κ1) is 15.2. The Balaban J connectivity index is 2.43. The summed E-state index contributed by atoms with van der Waals surface area (Å²) in [6.45, 7) is 1.82. The van der Waals surface area contributed by atoms with E-state index in [1.165, 1.54) is 6.07 Å². The molecule has 2 aromatic rings. The van der Waals surface area contributed by atoms with Gasteiger partial charge in [0.05, 0.1) is 27.5 Å². The second-order valence-electron chi connectivity index (χ2n) is 4.48. The van der Waals surface area contributed by atoms with Gasteiger partial charge in [0, 0.05) is 0 Å². The lowest BCUT2D eigenvalue weighted by molar-refractivity contribution is -0.137. The maximum Gasteiger partial charge on any atom is 0.416 e. The molecule has 0 saturated carbocycles. The first-order valence-electron chi connectivity index (χ1n) is 5.96. The average molecular weight is 311 g/mol. The van der Waals surface area contributed by atoms with Crippen LogP contribution in [0.5, 0.6) is 0 Å². The predicted octanol–water partition coefficient (Wildman–Crippen LogP) is 5.28. The van der Waals surface area contributed by atoms with E-state index in [0.717, 1.165) is 17.7 Å². The zero-order chi connectivity index (χ0) is 15.6. The maximum atomic E-state index is 12.7. The van der Waals surface area contributed by atoms with Crippen LogP contribution in [0.25, 0.3) is 0 Å². The van der Waals surface area contributed by atoms with Crippen molar-refractivity contribution in [1.29, 1.82) is 5.26 Å². The third-order valence-corrected chi connectivity index (χ3v) is 3.19. The molecule has 0 aliphatic rings. The predicted molar refractivity (Wildman–Crippen MR) is 75.6 cm³/mol. The molecule has 6 heteroatoms. The fourth-order valence-electron chi connectivity index (χ4n) is 1.80. The molecule has 0 spiro atoms. The summed E-state index contributed by atoms with van der Waals surface area (Å²) in [5.74, 6) is 0. The summed E-state index contributed by atoms with van der Waals surface area (Å²) in [7, 11) is 0. The molecular weight excluding hydrogens is 301 g/mol. The van der Waals surface area contributed by atoms with E-state index in [2.05, 4.69) is 5.32 Å². The molecule has 2 aromatic carbocycles. The molecule has 0 atom stereocenters. The Labute approximate surface area is 124 Å². The van der Waals surface area contributed by atoms with Gasteiger partial charge in [0.1, 0.15) is 6.07 Å². The highest BCUT2D eigenvalue weighted by molar-refractivity contribution is 6.33. The number of anilines is 2. The molecule has 21 heavy (non-hydrogen) atoms. The fraction of sp³-hybridized carbons (Fsp3) is 0.133. The van der Waals surface area contributed by atoms with E-state index >= 15 is 0 Å². The van der Waals surface area contributed by atoms with Gasteiger partial charge in [-0.25, -0.2) is 0 Å². The standard InChI is InChI=1S/C15H10ClF3N2/c1-9-2-5-13(10(6-9)8-20)21-14-7-11(15(17,18)19)3-4-12(14)16/h2-7,21H,1H3. The van der Waals surface area contributed by atoms with E-state index in [1.54, 1.807) is 18.2 Å². The van der Waals surface area contributed by atoms with Crippen LogP contribution in [-0.4, -0.2) is 0 Å². The summed E-state index contributed by atoms with van der Waals surface area (Å²) in [5.41, 5.74) is 0.923. The van der Waals surface area contributed by atoms with Crippen LogP contribution >= 0.6 is 11.6 Å². The first-order valence-corrected chi connectivity index (χ1v) is 6.33. The molecule has 0 heterocycles. The van der Waals surface area contributed by atoms with Gasteiger partial charge in [-0.05, 0) is 42.8 Å². The molecule has 1 N–H and O–H groups in total. The normalized spacial score (nSPS) is 11.0. The molecule has 0 bridgehead atoms. The number of nitriles is 1. The van der Waals surface area contributed by atoms with Gasteiger partial charge in [-0.3, -0.25) is 0 Å². The van der Waals surface area contributed by atoms with E-state index in [0.29, 0.717) is 11.3 Å². The van der Waals surface area contributed by atoms with Gasteiger partial charge in [0.15, 0.2) is 0 Å². The molecule has 2 nitrogen and oxygen atoms in total. The van der Waals surface area contributed by atoms with Crippen molar-refractivity contribution >= 4 is 23.0 Å². The third-order valence-electron chi connectivity index (χ3n) is 2.86. The largest absolute Gasteiger partial charge is 0.416 e. The van der Waals surface area contributed by atoms with E-state index in [4.69, 9.17) is 16.9 Å². The number of benzene rings is 2. The lowest BCUT2D eigenvalue weighted by Crippen LogP contribution is -2.05. The number of rotatable bonds is 2. The molecule has 0 fully saturated rings. The number of aryl methyl sites for hydroxylation is 1. The highest BCUT2D eigenvalue weighted by Crippen LogP contribution is 2.35. The van der Waals surface area contributed by atoms with E-state index in [1.807, 2.05) is 13.0 Å². The molecule has 0 aromatic heterocycles. The molecule has 0 amide bonds. The molecule has 2 rings (SSSR count). The SMILES string of the molecule is Cc1ccc(Nc2cc(C(F)(F)F)ccc2Cl)c(C#N)c1. The van der Waals surface area contributed by atoms with Crippen LogP contribution in [0.1, 0.15) is 16.7 Å². The topological polar surface area (TPSA) is 35.8 Å². The first-order chi connectivity index (χ1) is 9.81. The van der Waals surface area contributed by atoms with Crippen molar-refractivity contribution < 1.29 is 13.2 Å². The second kappa shape index (κ2) is 5.66. The molecule has 0 unspecified atom stereocenters. The molecule has 108 valence electrons. The van der Waals surface area contributed by atoms with Crippen molar-refractivity contribution in [2.24, 2.45) is 0 Å². The molecule has 0 aliphatic heterocycles. The Morgan fingerprint density at radius 1 is 1.10 bits per heavy atom. The number of nitrogens with zero attached hydrogens (tertiary/aromatic N) is 1. The Kier molecular flexibility index (Phi) is 4.10. The van der Waals surface area contributed by atoms with Gasteiger partial charge >= 0.3 is 6.18 Å². The van der Waals surface area contributed by atoms with Crippen molar-refractivity contribution in [3.63, 3.8) is 0 Å². The van der Waals surface area contributed by atoms with Crippen LogP contribution < -0.4 is 5.32 Å². The minimum atomic E-state index is -4.45. The smallest absolute Gasteiger partial charge is 0.353 e.